The van der Waals surface area contributed by atoms with Crippen molar-refractivity contribution in [2.45, 2.75) is 43.6 Å². The minimum atomic E-state index is 0.269. The van der Waals surface area contributed by atoms with E-state index in [1.54, 1.807) is 12.1 Å². The van der Waals surface area contributed by atoms with Gasteiger partial charge in [-0.3, -0.25) is 0 Å². The Morgan fingerprint density at radius 3 is 2.56 bits per heavy atom. The third-order valence-electron chi connectivity index (χ3n) is 3.19. The molecule has 1 aromatic carbocycles. The maximum absolute atomic E-state index is 9.17. The summed E-state index contributed by atoms with van der Waals surface area (Å²) in [6.45, 7) is 0.828. The van der Waals surface area contributed by atoms with Crippen molar-refractivity contribution in [1.29, 1.82) is 0 Å². The van der Waals surface area contributed by atoms with E-state index >= 15 is 0 Å². The van der Waals surface area contributed by atoms with E-state index in [2.05, 4.69) is 5.32 Å². The van der Waals surface area contributed by atoms with Gasteiger partial charge in [0.05, 0.1) is 0 Å². The Hall–Kier alpha value is -0.730. The maximum atomic E-state index is 9.17. The highest BCUT2D eigenvalue weighted by Gasteiger charge is 2.22. The zero-order valence-corrected chi connectivity index (χ0v) is 10.1. The molecule has 1 aliphatic rings. The molecule has 0 aromatic heterocycles. The van der Waals surface area contributed by atoms with Gasteiger partial charge >= 0.3 is 0 Å². The van der Waals surface area contributed by atoms with Gasteiger partial charge in [-0.25, -0.2) is 0 Å². The fourth-order valence-corrected chi connectivity index (χ4v) is 2.55. The van der Waals surface area contributed by atoms with Gasteiger partial charge in [-0.05, 0) is 30.5 Å². The van der Waals surface area contributed by atoms with Gasteiger partial charge in [0, 0.05) is 18.0 Å². The first-order chi connectivity index (χ1) is 7.75. The van der Waals surface area contributed by atoms with Gasteiger partial charge in [-0.2, -0.15) is 0 Å². The minimum Gasteiger partial charge on any atom is -0.508 e. The lowest BCUT2D eigenvalue weighted by Gasteiger charge is -2.28. The summed E-state index contributed by atoms with van der Waals surface area (Å²) in [5.41, 5.74) is 1.19. The summed E-state index contributed by atoms with van der Waals surface area (Å²) < 4.78 is 0. The summed E-state index contributed by atoms with van der Waals surface area (Å²) in [6.07, 6.45) is 4.82. The molecule has 0 aliphatic heterocycles. The van der Waals surface area contributed by atoms with Crippen molar-refractivity contribution in [3.63, 3.8) is 0 Å². The van der Waals surface area contributed by atoms with E-state index < -0.39 is 0 Å². The topological polar surface area (TPSA) is 32.3 Å². The molecule has 1 saturated carbocycles. The molecule has 2 nitrogen and oxygen atoms in total. The second-order valence-electron chi connectivity index (χ2n) is 4.45. The summed E-state index contributed by atoms with van der Waals surface area (Å²) in [6, 6.07) is 7.75. The third kappa shape index (κ3) is 3.13. The Kier molecular flexibility index (Phi) is 4.08. The van der Waals surface area contributed by atoms with Crippen LogP contribution in [0.3, 0.4) is 0 Å². The standard InChI is InChI=1S/C13H18ClNO/c14-12-3-1-2-4-13(12)15-9-10-5-7-11(16)8-6-10/h5-8,12-13,15-16H,1-4,9H2. The van der Waals surface area contributed by atoms with Crippen LogP contribution in [0.5, 0.6) is 5.75 Å². The lowest BCUT2D eigenvalue weighted by molar-refractivity contribution is 0.378. The molecule has 0 bridgehead atoms. The van der Waals surface area contributed by atoms with Crippen molar-refractivity contribution >= 4 is 11.6 Å². The Labute approximate surface area is 102 Å². The van der Waals surface area contributed by atoms with Gasteiger partial charge in [0.1, 0.15) is 5.75 Å². The number of nitrogens with one attached hydrogen (secondary N) is 1. The van der Waals surface area contributed by atoms with Crippen LogP contribution in [0, 0.1) is 0 Å². The highest BCUT2D eigenvalue weighted by molar-refractivity contribution is 6.21. The molecule has 0 saturated heterocycles. The summed E-state index contributed by atoms with van der Waals surface area (Å²) >= 11 is 6.27. The van der Waals surface area contributed by atoms with Crippen molar-refractivity contribution in [2.75, 3.05) is 0 Å². The quantitative estimate of drug-likeness (QED) is 0.795. The monoisotopic (exact) mass is 239 g/mol. The average Bonchev–Trinajstić information content (AvgIpc) is 2.30. The van der Waals surface area contributed by atoms with Crippen LogP contribution in [0.2, 0.25) is 0 Å². The van der Waals surface area contributed by atoms with E-state index in [4.69, 9.17) is 11.6 Å². The normalized spacial score (nSPS) is 25.6. The number of halogens is 1. The lowest BCUT2D eigenvalue weighted by Crippen LogP contribution is -2.38. The van der Waals surface area contributed by atoms with Crippen LogP contribution in [0.1, 0.15) is 31.2 Å². The van der Waals surface area contributed by atoms with Gasteiger partial charge in [0.2, 0.25) is 0 Å². The Balaban J connectivity index is 1.84. The van der Waals surface area contributed by atoms with Crippen molar-refractivity contribution in [3.8, 4) is 5.75 Å². The number of aromatic hydroxyl groups is 1. The molecule has 2 unspecified atom stereocenters. The summed E-state index contributed by atoms with van der Waals surface area (Å²) in [4.78, 5) is 0. The SMILES string of the molecule is Oc1ccc(CNC2CCCCC2Cl)cc1. The molecule has 2 rings (SSSR count). The van der Waals surface area contributed by atoms with Gasteiger partial charge in [-0.1, -0.05) is 25.0 Å². The number of rotatable bonds is 3. The van der Waals surface area contributed by atoms with Crippen molar-refractivity contribution in [1.82, 2.24) is 5.32 Å². The number of hydrogen-bond acceptors (Lipinski definition) is 2. The van der Waals surface area contributed by atoms with E-state index in [-0.39, 0.29) is 5.38 Å². The van der Waals surface area contributed by atoms with E-state index in [0.29, 0.717) is 11.8 Å². The maximum Gasteiger partial charge on any atom is 0.115 e. The first kappa shape index (κ1) is 11.7. The van der Waals surface area contributed by atoms with Gasteiger partial charge in [0.25, 0.3) is 0 Å². The molecule has 0 heterocycles. The van der Waals surface area contributed by atoms with E-state index in [1.807, 2.05) is 12.1 Å². The first-order valence-electron chi connectivity index (χ1n) is 5.91. The van der Waals surface area contributed by atoms with Crippen LogP contribution in [0.25, 0.3) is 0 Å². The molecule has 1 fully saturated rings. The first-order valence-corrected chi connectivity index (χ1v) is 6.35. The van der Waals surface area contributed by atoms with Crippen LogP contribution in [0.15, 0.2) is 24.3 Å². The Morgan fingerprint density at radius 2 is 1.88 bits per heavy atom. The van der Waals surface area contributed by atoms with Crippen LogP contribution in [0.4, 0.5) is 0 Å². The van der Waals surface area contributed by atoms with Crippen LogP contribution < -0.4 is 5.32 Å². The number of hydrogen-bond donors (Lipinski definition) is 2. The zero-order valence-electron chi connectivity index (χ0n) is 9.32. The van der Waals surface area contributed by atoms with Crippen LogP contribution in [-0.2, 0) is 6.54 Å². The van der Waals surface area contributed by atoms with E-state index in [0.717, 1.165) is 13.0 Å². The molecule has 2 N–H and O–H groups in total. The number of benzene rings is 1. The highest BCUT2D eigenvalue weighted by Crippen LogP contribution is 2.23. The van der Waals surface area contributed by atoms with Gasteiger partial charge < -0.3 is 10.4 Å². The molecular weight excluding hydrogens is 222 g/mol. The summed E-state index contributed by atoms with van der Waals surface area (Å²) in [5.74, 6) is 0.316. The highest BCUT2D eigenvalue weighted by atomic mass is 35.5. The average molecular weight is 240 g/mol. The second kappa shape index (κ2) is 5.55. The molecule has 3 heteroatoms. The lowest BCUT2D eigenvalue weighted by atomic mass is 9.95. The predicted octanol–water partition coefficient (Wildman–Crippen LogP) is 3.03. The molecule has 1 aromatic rings. The van der Waals surface area contributed by atoms with Crippen molar-refractivity contribution in [2.24, 2.45) is 0 Å². The summed E-state index contributed by atoms with van der Waals surface area (Å²) in [5, 5.41) is 12.9. The fraction of sp³-hybridized carbons (Fsp3) is 0.538. The summed E-state index contributed by atoms with van der Waals surface area (Å²) in [7, 11) is 0. The van der Waals surface area contributed by atoms with Crippen LogP contribution in [-0.4, -0.2) is 16.5 Å². The largest absolute Gasteiger partial charge is 0.508 e. The van der Waals surface area contributed by atoms with Gasteiger partial charge in [0.15, 0.2) is 0 Å². The van der Waals surface area contributed by atoms with Crippen molar-refractivity contribution < 1.29 is 5.11 Å². The molecular formula is C13H18ClNO. The minimum absolute atomic E-state index is 0.269. The molecule has 88 valence electrons. The third-order valence-corrected chi connectivity index (χ3v) is 3.71. The van der Waals surface area contributed by atoms with E-state index in [9.17, 15) is 5.11 Å². The molecule has 1 aliphatic carbocycles. The van der Waals surface area contributed by atoms with Gasteiger partial charge in [-0.15, -0.1) is 11.6 Å². The molecule has 0 amide bonds. The Bertz CT molecular complexity index is 325. The van der Waals surface area contributed by atoms with E-state index in [1.165, 1.54) is 24.8 Å². The Morgan fingerprint density at radius 1 is 1.19 bits per heavy atom. The second-order valence-corrected chi connectivity index (χ2v) is 5.01. The molecule has 2 atom stereocenters. The number of phenolic OH excluding ortho intramolecular Hbond substituents is 1. The smallest absolute Gasteiger partial charge is 0.115 e. The van der Waals surface area contributed by atoms with Crippen LogP contribution >= 0.6 is 11.6 Å². The number of phenols is 1. The predicted molar refractivity (Wildman–Crippen MR) is 66.8 cm³/mol. The molecule has 16 heavy (non-hydrogen) atoms. The van der Waals surface area contributed by atoms with Crippen molar-refractivity contribution in [3.05, 3.63) is 29.8 Å². The fourth-order valence-electron chi connectivity index (χ4n) is 2.18. The number of alkyl halides is 1. The zero-order chi connectivity index (χ0) is 11.4. The molecule has 0 radical (unpaired) electrons. The molecule has 0 spiro atoms.